The maximum Gasteiger partial charge on any atom is 0.244 e. The van der Waals surface area contributed by atoms with Gasteiger partial charge in [-0.25, -0.2) is 0 Å². The average Bonchev–Trinajstić information content (AvgIpc) is 2.51. The number of nitrogens with zero attached hydrogens (tertiary/aromatic N) is 4. The molecule has 7 heteroatoms. The molecule has 0 amide bonds. The van der Waals surface area contributed by atoms with Crippen LogP contribution in [0.15, 0.2) is 24.4 Å². The second-order valence-electron chi connectivity index (χ2n) is 4.72. The van der Waals surface area contributed by atoms with Gasteiger partial charge in [0, 0.05) is 29.7 Å². The van der Waals surface area contributed by atoms with Crippen molar-refractivity contribution in [2.75, 3.05) is 29.9 Å². The van der Waals surface area contributed by atoms with Crippen molar-refractivity contribution in [1.29, 1.82) is 0 Å². The first-order valence-corrected chi connectivity index (χ1v) is 8.02. The number of hydrogen-bond donors (Lipinski definition) is 1. The smallest absolute Gasteiger partial charge is 0.244 e. The van der Waals surface area contributed by atoms with Crippen LogP contribution in [0.3, 0.4) is 0 Å². The fourth-order valence-electron chi connectivity index (χ4n) is 2.10. The van der Waals surface area contributed by atoms with Gasteiger partial charge in [-0.3, -0.25) is 0 Å². The van der Waals surface area contributed by atoms with E-state index in [1.165, 1.54) is 0 Å². The Morgan fingerprint density at radius 3 is 2.64 bits per heavy atom. The van der Waals surface area contributed by atoms with Gasteiger partial charge in [0.2, 0.25) is 5.95 Å². The fraction of sp³-hybridized carbons (Fsp3) is 0.400. The van der Waals surface area contributed by atoms with Crippen molar-refractivity contribution < 1.29 is 0 Å². The van der Waals surface area contributed by atoms with Crippen molar-refractivity contribution in [3.05, 3.63) is 40.0 Å². The van der Waals surface area contributed by atoms with Gasteiger partial charge in [0.25, 0.3) is 0 Å². The Bertz CT molecular complexity index is 617. The molecule has 2 rings (SSSR count). The Morgan fingerprint density at radius 1 is 1.18 bits per heavy atom. The zero-order valence-corrected chi connectivity index (χ0v) is 14.2. The Balaban J connectivity index is 1.95. The summed E-state index contributed by atoms with van der Waals surface area (Å²) in [6.07, 6.45) is 2.43. The van der Waals surface area contributed by atoms with Crippen LogP contribution in [-0.4, -0.2) is 34.8 Å². The molecule has 118 valence electrons. The van der Waals surface area contributed by atoms with E-state index in [0.29, 0.717) is 22.5 Å². The molecule has 2 aromatic rings. The number of rotatable bonds is 7. The lowest BCUT2D eigenvalue weighted by Crippen LogP contribution is -2.24. The van der Waals surface area contributed by atoms with E-state index < -0.39 is 0 Å². The molecule has 5 nitrogen and oxygen atoms in total. The third-order valence-electron chi connectivity index (χ3n) is 3.33. The summed E-state index contributed by atoms with van der Waals surface area (Å²) in [6.45, 7) is 6.61. The van der Waals surface area contributed by atoms with Crippen LogP contribution in [-0.2, 0) is 6.42 Å². The fourth-order valence-corrected chi connectivity index (χ4v) is 2.61. The molecule has 0 aliphatic heterocycles. The number of aromatic nitrogens is 3. The Hall–Kier alpha value is -1.59. The summed E-state index contributed by atoms with van der Waals surface area (Å²) >= 11 is 12.0. The molecule has 0 fully saturated rings. The summed E-state index contributed by atoms with van der Waals surface area (Å²) in [5, 5.41) is 12.5. The zero-order valence-electron chi connectivity index (χ0n) is 12.7. The molecular weight excluding hydrogens is 321 g/mol. The minimum Gasteiger partial charge on any atom is -0.356 e. The second-order valence-corrected chi connectivity index (χ2v) is 5.57. The summed E-state index contributed by atoms with van der Waals surface area (Å²) in [4.78, 5) is 6.59. The predicted molar refractivity (Wildman–Crippen MR) is 92.0 cm³/mol. The lowest BCUT2D eigenvalue weighted by atomic mass is 10.1. The van der Waals surface area contributed by atoms with Gasteiger partial charge in [-0.1, -0.05) is 29.3 Å². The molecule has 1 N–H and O–H groups in total. The molecule has 0 bridgehead atoms. The molecule has 0 spiro atoms. The molecule has 0 atom stereocenters. The van der Waals surface area contributed by atoms with Gasteiger partial charge in [-0.2, -0.15) is 10.1 Å². The molecule has 0 saturated heterocycles. The Labute approximate surface area is 140 Å². The minimum absolute atomic E-state index is 0.523. The molecular formula is C15H19Cl2N5. The quantitative estimate of drug-likeness (QED) is 0.833. The van der Waals surface area contributed by atoms with Crippen LogP contribution in [0.4, 0.5) is 11.8 Å². The molecule has 0 unspecified atom stereocenters. The van der Waals surface area contributed by atoms with Gasteiger partial charge in [-0.15, -0.1) is 5.10 Å². The highest BCUT2D eigenvalue weighted by Crippen LogP contribution is 2.21. The van der Waals surface area contributed by atoms with Crippen LogP contribution >= 0.6 is 23.2 Å². The summed E-state index contributed by atoms with van der Waals surface area (Å²) in [5.74, 6) is 1.35. The van der Waals surface area contributed by atoms with Gasteiger partial charge in [-0.05, 0) is 38.0 Å². The molecule has 0 aliphatic carbocycles. The third kappa shape index (κ3) is 4.45. The zero-order chi connectivity index (χ0) is 15.9. The number of hydrogen-bond acceptors (Lipinski definition) is 5. The van der Waals surface area contributed by atoms with Gasteiger partial charge in [0.1, 0.15) is 0 Å². The molecule has 0 radical (unpaired) electrons. The maximum absolute atomic E-state index is 6.15. The molecule has 1 aromatic carbocycles. The number of benzene rings is 1. The minimum atomic E-state index is 0.523. The monoisotopic (exact) mass is 339 g/mol. The topological polar surface area (TPSA) is 53.9 Å². The van der Waals surface area contributed by atoms with E-state index in [1.807, 2.05) is 12.1 Å². The highest BCUT2D eigenvalue weighted by atomic mass is 35.5. The first-order valence-electron chi connectivity index (χ1n) is 7.26. The van der Waals surface area contributed by atoms with Crippen molar-refractivity contribution in [2.45, 2.75) is 20.3 Å². The van der Waals surface area contributed by atoms with Gasteiger partial charge < -0.3 is 10.2 Å². The van der Waals surface area contributed by atoms with E-state index in [-0.39, 0.29) is 0 Å². The van der Waals surface area contributed by atoms with Crippen LogP contribution in [0.2, 0.25) is 10.0 Å². The Kier molecular flexibility index (Phi) is 6.21. The molecule has 0 saturated carbocycles. The van der Waals surface area contributed by atoms with Crippen LogP contribution in [0.1, 0.15) is 19.4 Å². The van der Waals surface area contributed by atoms with Crippen LogP contribution in [0.5, 0.6) is 0 Å². The average molecular weight is 340 g/mol. The van der Waals surface area contributed by atoms with E-state index in [1.54, 1.807) is 12.3 Å². The van der Waals surface area contributed by atoms with Crippen molar-refractivity contribution in [1.82, 2.24) is 15.2 Å². The van der Waals surface area contributed by atoms with Crippen molar-refractivity contribution in [3.8, 4) is 0 Å². The van der Waals surface area contributed by atoms with Gasteiger partial charge >= 0.3 is 0 Å². The maximum atomic E-state index is 6.15. The number of nitrogens with one attached hydrogen (secondary N) is 1. The first-order chi connectivity index (χ1) is 10.6. The van der Waals surface area contributed by atoms with Crippen LogP contribution in [0, 0.1) is 0 Å². The molecule has 0 aliphatic rings. The third-order valence-corrected chi connectivity index (χ3v) is 3.91. The van der Waals surface area contributed by atoms with Crippen LogP contribution in [0.25, 0.3) is 0 Å². The normalized spacial score (nSPS) is 10.5. The summed E-state index contributed by atoms with van der Waals surface area (Å²) in [6, 6.07) is 5.51. The van der Waals surface area contributed by atoms with Crippen molar-refractivity contribution >= 4 is 35.0 Å². The standard InChI is InChI=1S/C15H19Cl2N5/c1-3-22(4-2)14-10-19-21-15(20-14)18-8-7-11-5-6-12(16)9-13(11)17/h5-6,9-10H,3-4,7-8H2,1-2H3,(H,18,20,21). The highest BCUT2D eigenvalue weighted by molar-refractivity contribution is 6.35. The van der Waals surface area contributed by atoms with E-state index in [9.17, 15) is 0 Å². The summed E-state index contributed by atoms with van der Waals surface area (Å²) in [5.41, 5.74) is 1.03. The lowest BCUT2D eigenvalue weighted by molar-refractivity contribution is 0.821. The highest BCUT2D eigenvalue weighted by Gasteiger charge is 2.06. The predicted octanol–water partition coefficient (Wildman–Crippen LogP) is 3.68. The van der Waals surface area contributed by atoms with Gasteiger partial charge in [0.05, 0.1) is 6.20 Å². The largest absolute Gasteiger partial charge is 0.356 e. The van der Waals surface area contributed by atoms with Gasteiger partial charge in [0.15, 0.2) is 5.82 Å². The number of anilines is 2. The van der Waals surface area contributed by atoms with Crippen molar-refractivity contribution in [3.63, 3.8) is 0 Å². The van der Waals surface area contributed by atoms with E-state index >= 15 is 0 Å². The SMILES string of the molecule is CCN(CC)c1cnnc(NCCc2ccc(Cl)cc2Cl)n1. The molecule has 1 aromatic heterocycles. The van der Waals surface area contributed by atoms with E-state index in [2.05, 4.69) is 39.2 Å². The number of halogens is 2. The molecule has 22 heavy (non-hydrogen) atoms. The van der Waals surface area contributed by atoms with Crippen LogP contribution < -0.4 is 10.2 Å². The Morgan fingerprint density at radius 2 is 1.95 bits per heavy atom. The first kappa shape index (κ1) is 16.8. The van der Waals surface area contributed by atoms with E-state index in [0.717, 1.165) is 30.9 Å². The summed E-state index contributed by atoms with van der Waals surface area (Å²) in [7, 11) is 0. The summed E-state index contributed by atoms with van der Waals surface area (Å²) < 4.78 is 0. The lowest BCUT2D eigenvalue weighted by Gasteiger charge is -2.19. The molecule has 1 heterocycles. The van der Waals surface area contributed by atoms with E-state index in [4.69, 9.17) is 23.2 Å². The second kappa shape index (κ2) is 8.15. The van der Waals surface area contributed by atoms with Crippen molar-refractivity contribution in [2.24, 2.45) is 0 Å².